The van der Waals surface area contributed by atoms with Gasteiger partial charge in [-0.25, -0.2) is 9.78 Å². The zero-order valence-corrected chi connectivity index (χ0v) is 13.2. The molecule has 2 aromatic rings. The quantitative estimate of drug-likeness (QED) is 0.384. The first-order valence-electron chi connectivity index (χ1n) is 6.71. The number of pyridine rings is 1. The summed E-state index contributed by atoms with van der Waals surface area (Å²) >= 11 is 5.75. The summed E-state index contributed by atoms with van der Waals surface area (Å²) in [6.07, 6.45) is 1.41. The predicted molar refractivity (Wildman–Crippen MR) is 86.0 cm³/mol. The molecule has 0 atom stereocenters. The standard InChI is InChI=1S/C15H12ClN3O5/c1-9-4-5-10(7-12(9)19(22)23)18-13(20)8-24-15(21)11-3-2-6-17-14(11)16/h2-7H,8H2,1H3,(H,18,20). The van der Waals surface area contributed by atoms with E-state index in [1.54, 1.807) is 6.92 Å². The number of aromatic nitrogens is 1. The Morgan fingerprint density at radius 3 is 2.79 bits per heavy atom. The first kappa shape index (κ1) is 17.4. The average Bonchev–Trinajstić information content (AvgIpc) is 2.54. The van der Waals surface area contributed by atoms with Crippen molar-refractivity contribution in [1.82, 2.24) is 4.98 Å². The minimum Gasteiger partial charge on any atom is -0.452 e. The van der Waals surface area contributed by atoms with Crippen LogP contribution in [0.1, 0.15) is 15.9 Å². The summed E-state index contributed by atoms with van der Waals surface area (Å²) in [5, 5.41) is 13.3. The Balaban J connectivity index is 1.97. The molecule has 2 rings (SSSR count). The molecule has 0 bridgehead atoms. The van der Waals surface area contributed by atoms with Crippen molar-refractivity contribution in [1.29, 1.82) is 0 Å². The summed E-state index contributed by atoms with van der Waals surface area (Å²) in [6, 6.07) is 7.18. The van der Waals surface area contributed by atoms with E-state index in [4.69, 9.17) is 16.3 Å². The number of anilines is 1. The second kappa shape index (κ2) is 7.51. The third kappa shape index (κ3) is 4.26. The molecule has 1 aromatic carbocycles. The lowest BCUT2D eigenvalue weighted by Gasteiger charge is -2.07. The highest BCUT2D eigenvalue weighted by Gasteiger charge is 2.15. The van der Waals surface area contributed by atoms with Crippen LogP contribution in [0.2, 0.25) is 5.15 Å². The van der Waals surface area contributed by atoms with Gasteiger partial charge in [0, 0.05) is 23.5 Å². The Morgan fingerprint density at radius 1 is 1.38 bits per heavy atom. The highest BCUT2D eigenvalue weighted by molar-refractivity contribution is 6.32. The van der Waals surface area contributed by atoms with Gasteiger partial charge in [-0.05, 0) is 25.1 Å². The summed E-state index contributed by atoms with van der Waals surface area (Å²) < 4.78 is 4.84. The summed E-state index contributed by atoms with van der Waals surface area (Å²) in [4.78, 5) is 37.6. The molecule has 24 heavy (non-hydrogen) atoms. The van der Waals surface area contributed by atoms with E-state index in [2.05, 4.69) is 10.3 Å². The van der Waals surface area contributed by atoms with E-state index in [0.717, 1.165) is 0 Å². The number of nitrogens with one attached hydrogen (secondary N) is 1. The van der Waals surface area contributed by atoms with Crippen molar-refractivity contribution >= 4 is 34.9 Å². The molecule has 0 aliphatic carbocycles. The number of aryl methyl sites for hydroxylation is 1. The zero-order valence-electron chi connectivity index (χ0n) is 12.5. The van der Waals surface area contributed by atoms with E-state index in [1.807, 2.05) is 0 Å². The normalized spacial score (nSPS) is 10.1. The molecule has 0 spiro atoms. The van der Waals surface area contributed by atoms with Crippen molar-refractivity contribution < 1.29 is 19.2 Å². The number of rotatable bonds is 5. The van der Waals surface area contributed by atoms with Crippen LogP contribution in [0.15, 0.2) is 36.5 Å². The van der Waals surface area contributed by atoms with Crippen LogP contribution in [-0.4, -0.2) is 28.4 Å². The van der Waals surface area contributed by atoms with Gasteiger partial charge in [-0.1, -0.05) is 17.7 Å². The van der Waals surface area contributed by atoms with Gasteiger partial charge in [0.15, 0.2) is 6.61 Å². The zero-order chi connectivity index (χ0) is 17.7. The van der Waals surface area contributed by atoms with E-state index >= 15 is 0 Å². The summed E-state index contributed by atoms with van der Waals surface area (Å²) in [7, 11) is 0. The number of benzene rings is 1. The maximum atomic E-state index is 11.8. The lowest BCUT2D eigenvalue weighted by Crippen LogP contribution is -2.21. The van der Waals surface area contributed by atoms with Crippen LogP contribution < -0.4 is 5.32 Å². The summed E-state index contributed by atoms with van der Waals surface area (Å²) in [6.45, 7) is 1.02. The van der Waals surface area contributed by atoms with Gasteiger partial charge in [0.2, 0.25) is 0 Å². The van der Waals surface area contributed by atoms with Crippen molar-refractivity contribution in [3.8, 4) is 0 Å². The maximum absolute atomic E-state index is 11.8. The molecule has 1 heterocycles. The fourth-order valence-corrected chi connectivity index (χ4v) is 2.02. The van der Waals surface area contributed by atoms with Gasteiger partial charge in [-0.2, -0.15) is 0 Å². The topological polar surface area (TPSA) is 111 Å². The Hall–Kier alpha value is -3.00. The molecule has 0 unspecified atom stereocenters. The number of carbonyl (C=O) groups excluding carboxylic acids is 2. The lowest BCUT2D eigenvalue weighted by molar-refractivity contribution is -0.385. The fraction of sp³-hybridized carbons (Fsp3) is 0.133. The molecule has 0 fully saturated rings. The molecular weight excluding hydrogens is 338 g/mol. The van der Waals surface area contributed by atoms with Gasteiger partial charge < -0.3 is 10.1 Å². The average molecular weight is 350 g/mol. The number of ether oxygens (including phenoxy) is 1. The molecule has 0 aliphatic rings. The summed E-state index contributed by atoms with van der Waals surface area (Å²) in [5.74, 6) is -1.43. The SMILES string of the molecule is Cc1ccc(NC(=O)COC(=O)c2cccnc2Cl)cc1[N+](=O)[O-]. The number of nitrogens with zero attached hydrogens (tertiary/aromatic N) is 2. The van der Waals surface area contributed by atoms with E-state index in [9.17, 15) is 19.7 Å². The van der Waals surface area contributed by atoms with Crippen LogP contribution in [0.25, 0.3) is 0 Å². The molecule has 1 amide bonds. The number of hydrogen-bond donors (Lipinski definition) is 1. The molecule has 124 valence electrons. The number of nitro groups is 1. The highest BCUT2D eigenvalue weighted by atomic mass is 35.5. The molecule has 0 radical (unpaired) electrons. The van der Waals surface area contributed by atoms with E-state index in [1.165, 1.54) is 36.5 Å². The molecule has 8 nitrogen and oxygen atoms in total. The molecule has 9 heteroatoms. The van der Waals surface area contributed by atoms with Crippen molar-refractivity contribution in [3.05, 3.63) is 62.9 Å². The molecule has 0 aliphatic heterocycles. The van der Waals surface area contributed by atoms with Crippen LogP contribution in [0.3, 0.4) is 0 Å². The van der Waals surface area contributed by atoms with Crippen LogP contribution >= 0.6 is 11.6 Å². The Morgan fingerprint density at radius 2 is 2.12 bits per heavy atom. The van der Waals surface area contributed by atoms with Gasteiger partial charge in [0.1, 0.15) is 5.15 Å². The third-order valence-electron chi connectivity index (χ3n) is 3.00. The van der Waals surface area contributed by atoms with E-state index in [-0.39, 0.29) is 22.1 Å². The van der Waals surface area contributed by atoms with E-state index < -0.39 is 23.4 Å². The third-order valence-corrected chi connectivity index (χ3v) is 3.30. The van der Waals surface area contributed by atoms with Gasteiger partial charge in [-0.15, -0.1) is 0 Å². The van der Waals surface area contributed by atoms with Crippen molar-refractivity contribution in [3.63, 3.8) is 0 Å². The Labute approximate surface area is 141 Å². The predicted octanol–water partition coefficient (Wildman–Crippen LogP) is 2.75. The van der Waals surface area contributed by atoms with Gasteiger partial charge in [0.05, 0.1) is 10.5 Å². The Bertz CT molecular complexity index is 809. The number of carbonyl (C=O) groups is 2. The molecule has 0 saturated heterocycles. The van der Waals surface area contributed by atoms with Crippen LogP contribution in [0.4, 0.5) is 11.4 Å². The summed E-state index contributed by atoms with van der Waals surface area (Å²) in [5.41, 5.74) is 0.619. The van der Waals surface area contributed by atoms with Crippen molar-refractivity contribution in [2.75, 3.05) is 11.9 Å². The monoisotopic (exact) mass is 349 g/mol. The molecular formula is C15H12ClN3O5. The largest absolute Gasteiger partial charge is 0.452 e. The minimum absolute atomic E-state index is 0.0305. The van der Waals surface area contributed by atoms with E-state index in [0.29, 0.717) is 5.56 Å². The van der Waals surface area contributed by atoms with Crippen LogP contribution in [0, 0.1) is 17.0 Å². The molecule has 1 aromatic heterocycles. The fourth-order valence-electron chi connectivity index (χ4n) is 1.83. The smallest absolute Gasteiger partial charge is 0.341 e. The van der Waals surface area contributed by atoms with Gasteiger partial charge >= 0.3 is 5.97 Å². The number of hydrogen-bond acceptors (Lipinski definition) is 6. The van der Waals surface area contributed by atoms with Crippen LogP contribution in [-0.2, 0) is 9.53 Å². The van der Waals surface area contributed by atoms with Gasteiger partial charge in [-0.3, -0.25) is 14.9 Å². The molecule has 0 saturated carbocycles. The second-order valence-corrected chi connectivity index (χ2v) is 5.08. The number of halogens is 1. The van der Waals surface area contributed by atoms with Crippen molar-refractivity contribution in [2.45, 2.75) is 6.92 Å². The minimum atomic E-state index is -0.793. The molecule has 1 N–H and O–H groups in total. The number of amides is 1. The lowest BCUT2D eigenvalue weighted by atomic mass is 10.2. The Kier molecular flexibility index (Phi) is 5.43. The number of esters is 1. The maximum Gasteiger partial charge on any atom is 0.341 e. The van der Waals surface area contributed by atoms with Crippen molar-refractivity contribution in [2.24, 2.45) is 0 Å². The first-order chi connectivity index (χ1) is 11.4. The van der Waals surface area contributed by atoms with Gasteiger partial charge in [0.25, 0.3) is 11.6 Å². The van der Waals surface area contributed by atoms with Crippen LogP contribution in [0.5, 0.6) is 0 Å². The number of nitro benzene ring substituents is 1. The highest BCUT2D eigenvalue weighted by Crippen LogP contribution is 2.22. The first-order valence-corrected chi connectivity index (χ1v) is 7.09. The second-order valence-electron chi connectivity index (χ2n) is 4.72.